The van der Waals surface area contributed by atoms with Crippen molar-refractivity contribution in [3.8, 4) is 5.75 Å². The Hall–Kier alpha value is -2.46. The maximum atomic E-state index is 13.4. The second-order valence-corrected chi connectivity index (χ2v) is 9.23. The van der Waals surface area contributed by atoms with Crippen LogP contribution < -0.4 is 0 Å². The number of ether oxygens (including phenoxy) is 2. The molecule has 32 heavy (non-hydrogen) atoms. The van der Waals surface area contributed by atoms with Crippen LogP contribution in [0.2, 0.25) is 0 Å². The van der Waals surface area contributed by atoms with Crippen molar-refractivity contribution in [1.82, 2.24) is 0 Å². The minimum absolute atomic E-state index is 0.0184. The van der Waals surface area contributed by atoms with Crippen molar-refractivity contribution in [2.45, 2.75) is 75.7 Å². The van der Waals surface area contributed by atoms with Crippen molar-refractivity contribution in [3.63, 3.8) is 0 Å². The lowest BCUT2D eigenvalue weighted by molar-refractivity contribution is -0.172. The number of ketones is 4. The molecular weight excluding hydrogens is 420 g/mol. The summed E-state index contributed by atoms with van der Waals surface area (Å²) in [5, 5.41) is 31.0. The van der Waals surface area contributed by atoms with Crippen LogP contribution in [0.4, 0.5) is 0 Å². The molecule has 170 valence electrons. The number of hydrogen-bond acceptors (Lipinski definition) is 9. The fourth-order valence-corrected chi connectivity index (χ4v) is 5.68. The lowest BCUT2D eigenvalue weighted by Gasteiger charge is -2.39. The largest absolute Gasteiger partial charge is 0.507 e. The van der Waals surface area contributed by atoms with Gasteiger partial charge >= 0.3 is 0 Å². The minimum atomic E-state index is -1.48. The highest BCUT2D eigenvalue weighted by Gasteiger charge is 2.52. The number of hydrogen-bond donors (Lipinski definition) is 3. The molecule has 0 radical (unpaired) electrons. The molecular formula is C23H24O9. The van der Waals surface area contributed by atoms with Gasteiger partial charge in [-0.3, -0.25) is 19.2 Å². The molecule has 1 aromatic carbocycles. The van der Waals surface area contributed by atoms with Gasteiger partial charge in [0.2, 0.25) is 11.6 Å². The summed E-state index contributed by atoms with van der Waals surface area (Å²) in [5.74, 6) is -4.95. The first-order valence-corrected chi connectivity index (χ1v) is 10.8. The monoisotopic (exact) mass is 444 g/mol. The summed E-state index contributed by atoms with van der Waals surface area (Å²) in [6.45, 7) is 3.20. The molecule has 0 bridgehead atoms. The predicted octanol–water partition coefficient (Wildman–Crippen LogP) is 0.762. The Bertz CT molecular complexity index is 1050. The molecule has 0 aromatic heterocycles. The average Bonchev–Trinajstić information content (AvgIpc) is 3.10. The van der Waals surface area contributed by atoms with Gasteiger partial charge in [0, 0.05) is 36.3 Å². The topological polar surface area (TPSA) is 147 Å². The molecule has 2 aliphatic carbocycles. The van der Waals surface area contributed by atoms with Crippen molar-refractivity contribution in [2.75, 3.05) is 0 Å². The third kappa shape index (κ3) is 2.92. The molecule has 3 N–H and O–H groups in total. The van der Waals surface area contributed by atoms with Crippen molar-refractivity contribution < 1.29 is 44.0 Å². The molecule has 4 aliphatic rings. The Balaban J connectivity index is 1.61. The fourth-order valence-electron chi connectivity index (χ4n) is 5.68. The fraction of sp³-hybridized carbons (Fsp3) is 0.565. The quantitative estimate of drug-likeness (QED) is 0.422. The van der Waals surface area contributed by atoms with Crippen molar-refractivity contribution >= 4 is 23.1 Å². The molecule has 8 unspecified atom stereocenters. The van der Waals surface area contributed by atoms with Crippen LogP contribution >= 0.6 is 0 Å². The van der Waals surface area contributed by atoms with Gasteiger partial charge in [-0.1, -0.05) is 0 Å². The van der Waals surface area contributed by atoms with E-state index in [1.807, 2.05) is 0 Å². The standard InChI is InChI=1S/C23H24O9/c1-7-16-11(10-3-9(24)4-14(10)31-7)5-12-17(21(16)28)22(29)23(30)18(20(12)27)15-6-13(25)19(26)8(2)32-15/h5,7-8,10,13-15,18-19,25-26,28H,3-4,6H2,1-2H3. The molecule has 2 aliphatic heterocycles. The Labute approximate surface area is 183 Å². The number of aliphatic hydroxyl groups excluding tert-OH is 2. The van der Waals surface area contributed by atoms with Crippen LogP contribution in [-0.2, 0) is 19.1 Å². The SMILES string of the molecule is CC1OC2CC(=O)CC2c2cc3c(c(O)c21)C(=O)C(=O)C(C1CC(O)C(O)C(C)O1)C3=O. The number of fused-ring (bicyclic) bond motifs is 4. The summed E-state index contributed by atoms with van der Waals surface area (Å²) in [5.41, 5.74) is 0.476. The van der Waals surface area contributed by atoms with E-state index in [-0.39, 0.29) is 48.2 Å². The van der Waals surface area contributed by atoms with E-state index in [9.17, 15) is 34.5 Å². The van der Waals surface area contributed by atoms with E-state index >= 15 is 0 Å². The van der Waals surface area contributed by atoms with Crippen LogP contribution in [0.15, 0.2) is 6.07 Å². The maximum absolute atomic E-state index is 13.4. The highest BCUT2D eigenvalue weighted by Crippen LogP contribution is 2.50. The number of aliphatic hydroxyl groups is 2. The van der Waals surface area contributed by atoms with Gasteiger partial charge < -0.3 is 24.8 Å². The van der Waals surface area contributed by atoms with Crippen LogP contribution in [-0.4, -0.2) is 69.0 Å². The van der Waals surface area contributed by atoms with Gasteiger partial charge in [0.05, 0.1) is 36.1 Å². The molecule has 1 aromatic rings. The summed E-state index contributed by atoms with van der Waals surface area (Å²) in [6, 6.07) is 1.51. The zero-order valence-electron chi connectivity index (χ0n) is 17.6. The number of rotatable bonds is 1. The van der Waals surface area contributed by atoms with Gasteiger partial charge in [-0.05, 0) is 25.5 Å². The minimum Gasteiger partial charge on any atom is -0.507 e. The number of aromatic hydroxyl groups is 1. The Kier molecular flexibility index (Phi) is 4.86. The highest BCUT2D eigenvalue weighted by atomic mass is 16.5. The Morgan fingerprint density at radius 3 is 2.38 bits per heavy atom. The van der Waals surface area contributed by atoms with Gasteiger partial charge in [-0.2, -0.15) is 0 Å². The third-order valence-electron chi connectivity index (χ3n) is 7.27. The smallest absolute Gasteiger partial charge is 0.233 e. The van der Waals surface area contributed by atoms with Crippen molar-refractivity contribution in [2.24, 2.45) is 5.92 Å². The van der Waals surface area contributed by atoms with Gasteiger partial charge in [0.15, 0.2) is 5.78 Å². The molecule has 1 saturated heterocycles. The number of benzene rings is 1. The number of Topliss-reactive ketones (excluding diaryl/α,β-unsaturated/α-hetero) is 4. The summed E-state index contributed by atoms with van der Waals surface area (Å²) < 4.78 is 11.5. The molecule has 2 fully saturated rings. The molecule has 0 amide bonds. The van der Waals surface area contributed by atoms with Crippen LogP contribution in [0.1, 0.15) is 77.0 Å². The van der Waals surface area contributed by atoms with E-state index < -0.39 is 59.5 Å². The Morgan fingerprint density at radius 1 is 0.969 bits per heavy atom. The normalized spacial score (nSPS) is 39.0. The van der Waals surface area contributed by atoms with Gasteiger partial charge in [0.25, 0.3) is 0 Å². The second-order valence-electron chi connectivity index (χ2n) is 9.23. The van der Waals surface area contributed by atoms with Crippen LogP contribution in [0.3, 0.4) is 0 Å². The van der Waals surface area contributed by atoms with Crippen LogP contribution in [0, 0.1) is 5.92 Å². The van der Waals surface area contributed by atoms with E-state index in [4.69, 9.17) is 9.47 Å². The summed E-state index contributed by atoms with van der Waals surface area (Å²) in [6.07, 6.45) is -5.00. The molecule has 8 atom stereocenters. The molecule has 0 spiro atoms. The van der Waals surface area contributed by atoms with E-state index in [0.717, 1.165) is 0 Å². The first-order valence-electron chi connectivity index (χ1n) is 10.8. The van der Waals surface area contributed by atoms with E-state index in [1.54, 1.807) is 6.92 Å². The van der Waals surface area contributed by atoms with Gasteiger partial charge in [0.1, 0.15) is 23.6 Å². The summed E-state index contributed by atoms with van der Waals surface area (Å²) in [4.78, 5) is 51.4. The zero-order valence-corrected chi connectivity index (χ0v) is 17.6. The van der Waals surface area contributed by atoms with Crippen molar-refractivity contribution in [1.29, 1.82) is 0 Å². The first kappa shape index (κ1) is 21.4. The first-order chi connectivity index (χ1) is 15.1. The van der Waals surface area contributed by atoms with E-state index in [2.05, 4.69) is 0 Å². The highest BCUT2D eigenvalue weighted by molar-refractivity contribution is 6.52. The van der Waals surface area contributed by atoms with Crippen molar-refractivity contribution in [3.05, 3.63) is 28.3 Å². The van der Waals surface area contributed by atoms with E-state index in [0.29, 0.717) is 11.1 Å². The molecule has 2 heterocycles. The molecule has 1 saturated carbocycles. The number of phenolic OH excluding ortho intramolecular Hbond substituents is 1. The van der Waals surface area contributed by atoms with E-state index in [1.165, 1.54) is 13.0 Å². The third-order valence-corrected chi connectivity index (χ3v) is 7.27. The summed E-state index contributed by atoms with van der Waals surface area (Å²) >= 11 is 0. The van der Waals surface area contributed by atoms with Gasteiger partial charge in [-0.25, -0.2) is 0 Å². The lowest BCUT2D eigenvalue weighted by Crippen LogP contribution is -2.54. The van der Waals surface area contributed by atoms with Gasteiger partial charge in [-0.15, -0.1) is 0 Å². The summed E-state index contributed by atoms with van der Waals surface area (Å²) in [7, 11) is 0. The Morgan fingerprint density at radius 2 is 1.69 bits per heavy atom. The maximum Gasteiger partial charge on any atom is 0.233 e. The predicted molar refractivity (Wildman–Crippen MR) is 107 cm³/mol. The zero-order chi connectivity index (χ0) is 23.1. The molecule has 9 nitrogen and oxygen atoms in total. The lowest BCUT2D eigenvalue weighted by atomic mass is 9.72. The number of carbonyl (C=O) groups is 4. The molecule has 9 heteroatoms. The number of carbonyl (C=O) groups excluding carboxylic acids is 4. The van der Waals surface area contributed by atoms with Crippen LogP contribution in [0.5, 0.6) is 5.75 Å². The number of phenols is 1. The second kappa shape index (κ2) is 7.28. The molecule has 5 rings (SSSR count). The van der Waals surface area contributed by atoms with Crippen LogP contribution in [0.25, 0.3) is 0 Å². The average molecular weight is 444 g/mol.